The molecule has 2 aromatic rings. The van der Waals surface area contributed by atoms with Crippen LogP contribution in [0.5, 0.6) is 0 Å². The number of anilines is 2. The van der Waals surface area contributed by atoms with Crippen molar-refractivity contribution >= 4 is 28.5 Å². The van der Waals surface area contributed by atoms with E-state index in [0.717, 1.165) is 12.1 Å². The third kappa shape index (κ3) is 5.04. The second-order valence-corrected chi connectivity index (χ2v) is 6.86. The number of nitrogen functional groups attached to an aromatic ring is 1. The third-order valence-electron chi connectivity index (χ3n) is 3.62. The fourth-order valence-electron chi connectivity index (χ4n) is 2.46. The molecule has 0 amide bonds. The van der Waals surface area contributed by atoms with Gasteiger partial charge in [-0.1, -0.05) is 24.3 Å². The molecule has 23 heavy (non-hydrogen) atoms. The Morgan fingerprint density at radius 2 is 1.96 bits per heavy atom. The van der Waals surface area contributed by atoms with Gasteiger partial charge in [-0.15, -0.1) is 11.3 Å². The Balaban J connectivity index is 2.10. The SMILES string of the molecule is CC(C)N(Cc1ccccc1C=NNc1nc(N)cs1)C(C)C. The monoisotopic (exact) mass is 331 g/mol. The van der Waals surface area contributed by atoms with Crippen molar-refractivity contribution in [3.63, 3.8) is 0 Å². The summed E-state index contributed by atoms with van der Waals surface area (Å²) in [5, 5.41) is 6.76. The highest BCUT2D eigenvalue weighted by Gasteiger charge is 2.14. The van der Waals surface area contributed by atoms with Crippen molar-refractivity contribution in [2.24, 2.45) is 5.10 Å². The first-order valence-corrected chi connectivity index (χ1v) is 8.69. The van der Waals surface area contributed by atoms with E-state index in [2.05, 4.69) is 66.3 Å². The summed E-state index contributed by atoms with van der Waals surface area (Å²) in [4.78, 5) is 6.58. The Labute approximate surface area is 142 Å². The number of aromatic nitrogens is 1. The van der Waals surface area contributed by atoms with Crippen LogP contribution in [0.4, 0.5) is 10.9 Å². The van der Waals surface area contributed by atoms with Gasteiger partial charge >= 0.3 is 0 Å². The fraction of sp³-hybridized carbons (Fsp3) is 0.412. The van der Waals surface area contributed by atoms with Crippen LogP contribution >= 0.6 is 11.3 Å². The summed E-state index contributed by atoms with van der Waals surface area (Å²) in [5.41, 5.74) is 10.9. The second kappa shape index (κ2) is 8.08. The molecular formula is C17H25N5S. The normalized spacial score (nSPS) is 12.0. The molecule has 0 spiro atoms. The second-order valence-electron chi connectivity index (χ2n) is 6.01. The molecule has 2 rings (SSSR count). The van der Waals surface area contributed by atoms with Gasteiger partial charge in [0.1, 0.15) is 5.82 Å². The Morgan fingerprint density at radius 3 is 2.57 bits per heavy atom. The van der Waals surface area contributed by atoms with Crippen LogP contribution in [0.15, 0.2) is 34.7 Å². The van der Waals surface area contributed by atoms with Crippen LogP contribution in [-0.2, 0) is 6.54 Å². The molecule has 0 aliphatic heterocycles. The maximum Gasteiger partial charge on any atom is 0.205 e. The van der Waals surface area contributed by atoms with Gasteiger partial charge in [-0.2, -0.15) is 5.10 Å². The highest BCUT2D eigenvalue weighted by Crippen LogP contribution is 2.17. The number of nitrogens with zero attached hydrogens (tertiary/aromatic N) is 3. The van der Waals surface area contributed by atoms with Gasteiger partial charge in [0.05, 0.1) is 6.21 Å². The van der Waals surface area contributed by atoms with Crippen molar-refractivity contribution in [1.29, 1.82) is 0 Å². The number of hydrazone groups is 1. The summed E-state index contributed by atoms with van der Waals surface area (Å²) in [6.45, 7) is 9.81. The van der Waals surface area contributed by atoms with Gasteiger partial charge in [0, 0.05) is 24.0 Å². The molecular weight excluding hydrogens is 306 g/mol. The Morgan fingerprint density at radius 1 is 1.26 bits per heavy atom. The minimum Gasteiger partial charge on any atom is -0.383 e. The molecule has 5 nitrogen and oxygen atoms in total. The number of nitrogens with one attached hydrogen (secondary N) is 1. The lowest BCUT2D eigenvalue weighted by Crippen LogP contribution is -2.36. The molecule has 0 aliphatic carbocycles. The molecule has 0 atom stereocenters. The van der Waals surface area contributed by atoms with E-state index in [1.165, 1.54) is 16.9 Å². The quantitative estimate of drug-likeness (QED) is 0.598. The number of nitrogens with two attached hydrogens (primary N) is 1. The molecule has 0 fully saturated rings. The van der Waals surface area contributed by atoms with E-state index in [1.54, 1.807) is 5.38 Å². The summed E-state index contributed by atoms with van der Waals surface area (Å²) in [6, 6.07) is 9.32. The summed E-state index contributed by atoms with van der Waals surface area (Å²) in [6.07, 6.45) is 1.84. The number of rotatable bonds is 7. The van der Waals surface area contributed by atoms with Crippen molar-refractivity contribution in [3.05, 3.63) is 40.8 Å². The molecule has 3 N–H and O–H groups in total. The topological polar surface area (TPSA) is 66.5 Å². The van der Waals surface area contributed by atoms with Crippen LogP contribution in [0.1, 0.15) is 38.8 Å². The van der Waals surface area contributed by atoms with Crippen LogP contribution in [0.25, 0.3) is 0 Å². The van der Waals surface area contributed by atoms with Gasteiger partial charge in [0.2, 0.25) is 5.13 Å². The van der Waals surface area contributed by atoms with Gasteiger partial charge < -0.3 is 5.73 Å². The Bertz CT molecular complexity index is 640. The van der Waals surface area contributed by atoms with Crippen LogP contribution in [0.3, 0.4) is 0 Å². The predicted molar refractivity (Wildman–Crippen MR) is 100 cm³/mol. The zero-order valence-electron chi connectivity index (χ0n) is 14.2. The highest BCUT2D eigenvalue weighted by molar-refractivity contribution is 7.14. The summed E-state index contributed by atoms with van der Waals surface area (Å²) < 4.78 is 0. The number of hydrogen-bond donors (Lipinski definition) is 2. The molecule has 0 radical (unpaired) electrons. The molecule has 0 aliphatic rings. The number of hydrogen-bond acceptors (Lipinski definition) is 6. The van der Waals surface area contributed by atoms with Gasteiger partial charge in [-0.3, -0.25) is 10.3 Å². The third-order valence-corrected chi connectivity index (χ3v) is 4.39. The van der Waals surface area contributed by atoms with E-state index in [9.17, 15) is 0 Å². The molecule has 0 bridgehead atoms. The number of thiazole rings is 1. The van der Waals surface area contributed by atoms with Crippen molar-refractivity contribution in [2.75, 3.05) is 11.2 Å². The predicted octanol–water partition coefficient (Wildman–Crippen LogP) is 3.79. The molecule has 124 valence electrons. The average molecular weight is 331 g/mol. The average Bonchev–Trinajstić information content (AvgIpc) is 2.91. The molecule has 1 aromatic heterocycles. The van der Waals surface area contributed by atoms with Crippen LogP contribution in [0, 0.1) is 0 Å². The van der Waals surface area contributed by atoms with E-state index >= 15 is 0 Å². The molecule has 6 heteroatoms. The van der Waals surface area contributed by atoms with E-state index in [-0.39, 0.29) is 0 Å². The summed E-state index contributed by atoms with van der Waals surface area (Å²) in [7, 11) is 0. The zero-order valence-corrected chi connectivity index (χ0v) is 15.0. The van der Waals surface area contributed by atoms with Crippen molar-refractivity contribution in [1.82, 2.24) is 9.88 Å². The standard InChI is InChI=1S/C17H25N5S/c1-12(2)22(13(3)4)10-15-8-6-5-7-14(15)9-19-21-17-20-16(18)11-23-17/h5-9,11-13H,10,18H2,1-4H3,(H,20,21). The lowest BCUT2D eigenvalue weighted by molar-refractivity contribution is 0.166. The first-order valence-electron chi connectivity index (χ1n) is 7.81. The zero-order chi connectivity index (χ0) is 16.8. The van der Waals surface area contributed by atoms with Crippen LogP contribution in [0.2, 0.25) is 0 Å². The maximum atomic E-state index is 5.60. The van der Waals surface area contributed by atoms with E-state index in [0.29, 0.717) is 23.0 Å². The minimum atomic E-state index is 0.497. The smallest absolute Gasteiger partial charge is 0.205 e. The van der Waals surface area contributed by atoms with Gasteiger partial charge in [0.25, 0.3) is 0 Å². The largest absolute Gasteiger partial charge is 0.383 e. The lowest BCUT2D eigenvalue weighted by atomic mass is 10.1. The number of benzene rings is 1. The minimum absolute atomic E-state index is 0.497. The van der Waals surface area contributed by atoms with Gasteiger partial charge in [-0.25, -0.2) is 4.98 Å². The van der Waals surface area contributed by atoms with Crippen molar-refractivity contribution in [2.45, 2.75) is 46.3 Å². The highest BCUT2D eigenvalue weighted by atomic mass is 32.1. The first-order chi connectivity index (χ1) is 11.0. The molecule has 0 unspecified atom stereocenters. The summed E-state index contributed by atoms with van der Waals surface area (Å²) >= 11 is 1.44. The molecule has 0 saturated carbocycles. The van der Waals surface area contributed by atoms with E-state index in [4.69, 9.17) is 5.73 Å². The van der Waals surface area contributed by atoms with E-state index in [1.807, 2.05) is 12.3 Å². The Hall–Kier alpha value is -1.92. The molecule has 1 heterocycles. The van der Waals surface area contributed by atoms with Crippen molar-refractivity contribution < 1.29 is 0 Å². The fourth-order valence-corrected chi connectivity index (χ4v) is 3.01. The molecule has 1 aromatic carbocycles. The van der Waals surface area contributed by atoms with Crippen molar-refractivity contribution in [3.8, 4) is 0 Å². The van der Waals surface area contributed by atoms with Crippen LogP contribution < -0.4 is 11.2 Å². The van der Waals surface area contributed by atoms with Gasteiger partial charge in [-0.05, 0) is 38.8 Å². The van der Waals surface area contributed by atoms with Crippen LogP contribution in [-0.4, -0.2) is 28.2 Å². The first kappa shape index (κ1) is 17.4. The van der Waals surface area contributed by atoms with E-state index < -0.39 is 0 Å². The van der Waals surface area contributed by atoms with Gasteiger partial charge in [0.15, 0.2) is 0 Å². The maximum absolute atomic E-state index is 5.60. The molecule has 0 saturated heterocycles. The Kier molecular flexibility index (Phi) is 6.12. The lowest BCUT2D eigenvalue weighted by Gasteiger charge is -2.31. The summed E-state index contributed by atoms with van der Waals surface area (Å²) in [5.74, 6) is 0.512.